The molecule has 0 heterocycles. The first kappa shape index (κ1) is 6.89. The number of rotatable bonds is 3. The molecular formula is C7H8O. The zero-order chi connectivity index (χ0) is 6.41. The van der Waals surface area contributed by atoms with Crippen molar-refractivity contribution < 1.29 is 4.79 Å². The summed E-state index contributed by atoms with van der Waals surface area (Å²) >= 11 is 0. The first-order valence-electron chi connectivity index (χ1n) is 2.24. The molecule has 0 saturated carbocycles. The number of hydrogen-bond donors (Lipinski definition) is 0. The number of carbonyl (C=O) groups is 1. The second-order valence-electron chi connectivity index (χ2n) is 1.29. The topological polar surface area (TPSA) is 17.1 Å². The van der Waals surface area contributed by atoms with E-state index in [1.807, 2.05) is 0 Å². The molecule has 0 fully saturated rings. The van der Waals surface area contributed by atoms with E-state index in [0.717, 1.165) is 0 Å². The molecule has 1 nitrogen and oxygen atoms in total. The average Bonchev–Trinajstić information content (AvgIpc) is 1.83. The third-order valence-electron chi connectivity index (χ3n) is 0.598. The highest BCUT2D eigenvalue weighted by molar-refractivity contribution is 5.76. The minimum atomic E-state index is 0.463. The maximum atomic E-state index is 9.83. The minimum Gasteiger partial charge on any atom is -0.298 e. The van der Waals surface area contributed by atoms with E-state index >= 15 is 0 Å². The zero-order valence-corrected chi connectivity index (χ0v) is 4.63. The summed E-state index contributed by atoms with van der Waals surface area (Å²) in [7, 11) is 0. The molecular weight excluding hydrogens is 100 g/mol. The summed E-state index contributed by atoms with van der Waals surface area (Å²) in [5.41, 5.74) is 0.463. The second kappa shape index (κ2) is 4.06. The summed E-state index contributed by atoms with van der Waals surface area (Å²) in [6, 6.07) is 0. The fraction of sp³-hybridized carbons (Fsp3) is 0. The molecule has 1 heteroatoms. The Bertz CT molecular complexity index is 131. The van der Waals surface area contributed by atoms with Crippen LogP contribution in [-0.2, 0) is 4.79 Å². The van der Waals surface area contributed by atoms with Gasteiger partial charge in [0.25, 0.3) is 0 Å². The molecule has 8 heavy (non-hydrogen) atoms. The molecule has 0 aliphatic rings. The van der Waals surface area contributed by atoms with E-state index in [-0.39, 0.29) is 0 Å². The molecule has 0 N–H and O–H groups in total. The van der Waals surface area contributed by atoms with Crippen molar-refractivity contribution in [2.24, 2.45) is 0 Å². The Labute approximate surface area is 49.0 Å². The van der Waals surface area contributed by atoms with Crippen molar-refractivity contribution in [3.8, 4) is 0 Å². The molecule has 0 saturated heterocycles. The predicted molar refractivity (Wildman–Crippen MR) is 34.5 cm³/mol. The summed E-state index contributed by atoms with van der Waals surface area (Å²) in [4.78, 5) is 9.83. The zero-order valence-electron chi connectivity index (χ0n) is 4.63. The normalized spacial score (nSPS) is 9.00. The number of allylic oxidation sites excluding steroid dienone is 4. The number of aldehydes is 1. The van der Waals surface area contributed by atoms with Gasteiger partial charge in [0.1, 0.15) is 6.29 Å². The van der Waals surface area contributed by atoms with Crippen molar-refractivity contribution in [3.63, 3.8) is 0 Å². The van der Waals surface area contributed by atoms with Crippen LogP contribution in [0.4, 0.5) is 0 Å². The van der Waals surface area contributed by atoms with Crippen molar-refractivity contribution in [2.45, 2.75) is 0 Å². The second-order valence-corrected chi connectivity index (χ2v) is 1.29. The van der Waals surface area contributed by atoms with Crippen LogP contribution >= 0.6 is 0 Å². The summed E-state index contributed by atoms with van der Waals surface area (Å²) in [6.07, 6.45) is 5.55. The van der Waals surface area contributed by atoms with Gasteiger partial charge in [0.15, 0.2) is 0 Å². The third kappa shape index (κ3) is 3.09. The molecule has 0 amide bonds. The van der Waals surface area contributed by atoms with Crippen molar-refractivity contribution in [1.29, 1.82) is 0 Å². The van der Waals surface area contributed by atoms with E-state index in [1.165, 1.54) is 0 Å². The van der Waals surface area contributed by atoms with Gasteiger partial charge in [-0.05, 0) is 0 Å². The Hall–Kier alpha value is -1.11. The average molecular weight is 108 g/mol. The van der Waals surface area contributed by atoms with Gasteiger partial charge in [-0.15, -0.1) is 0 Å². The van der Waals surface area contributed by atoms with Crippen molar-refractivity contribution in [3.05, 3.63) is 37.0 Å². The lowest BCUT2D eigenvalue weighted by Gasteiger charge is -1.76. The first-order valence-corrected chi connectivity index (χ1v) is 2.24. The molecule has 0 aromatic carbocycles. The fourth-order valence-corrected chi connectivity index (χ4v) is 0.231. The number of carbonyl (C=O) groups excluding carboxylic acids is 1. The largest absolute Gasteiger partial charge is 0.298 e. The SMILES string of the molecule is C=C/C=C\C(=C)C=O. The maximum Gasteiger partial charge on any atom is 0.149 e. The third-order valence-corrected chi connectivity index (χ3v) is 0.598. The van der Waals surface area contributed by atoms with E-state index in [9.17, 15) is 4.79 Å². The molecule has 0 aromatic heterocycles. The van der Waals surface area contributed by atoms with Gasteiger partial charge in [-0.2, -0.15) is 0 Å². The molecule has 0 rings (SSSR count). The highest BCUT2D eigenvalue weighted by atomic mass is 16.1. The van der Waals surface area contributed by atoms with Crippen LogP contribution in [-0.4, -0.2) is 6.29 Å². The van der Waals surface area contributed by atoms with E-state index in [0.29, 0.717) is 11.9 Å². The van der Waals surface area contributed by atoms with Crippen molar-refractivity contribution in [1.82, 2.24) is 0 Å². The van der Waals surface area contributed by atoms with Gasteiger partial charge in [0, 0.05) is 5.57 Å². The maximum absolute atomic E-state index is 9.83. The lowest BCUT2D eigenvalue weighted by atomic mass is 10.3. The van der Waals surface area contributed by atoms with Gasteiger partial charge in [0.2, 0.25) is 0 Å². The lowest BCUT2D eigenvalue weighted by Crippen LogP contribution is -1.70. The summed E-state index contributed by atoms with van der Waals surface area (Å²) in [6.45, 7) is 6.83. The smallest absolute Gasteiger partial charge is 0.149 e. The van der Waals surface area contributed by atoms with E-state index in [4.69, 9.17) is 0 Å². The number of hydrogen-bond acceptors (Lipinski definition) is 1. The van der Waals surface area contributed by atoms with Crippen molar-refractivity contribution >= 4 is 6.29 Å². The quantitative estimate of drug-likeness (QED) is 0.304. The molecule has 0 bridgehead atoms. The summed E-state index contributed by atoms with van der Waals surface area (Å²) < 4.78 is 0. The monoisotopic (exact) mass is 108 g/mol. The van der Waals surface area contributed by atoms with Gasteiger partial charge in [-0.3, -0.25) is 4.79 Å². The Morgan fingerprint density at radius 3 is 2.50 bits per heavy atom. The molecule has 0 spiro atoms. The van der Waals surface area contributed by atoms with Crippen LogP contribution in [0, 0.1) is 0 Å². The van der Waals surface area contributed by atoms with Crippen LogP contribution in [0.1, 0.15) is 0 Å². The summed E-state index contributed by atoms with van der Waals surface area (Å²) in [5.74, 6) is 0. The highest BCUT2D eigenvalue weighted by Gasteiger charge is 1.75. The molecule has 0 aromatic rings. The van der Waals surface area contributed by atoms with Crippen LogP contribution in [0.25, 0.3) is 0 Å². The molecule has 0 unspecified atom stereocenters. The predicted octanol–water partition coefficient (Wildman–Crippen LogP) is 1.48. The molecule has 0 radical (unpaired) electrons. The Kier molecular flexibility index (Phi) is 3.50. The Morgan fingerprint density at radius 1 is 1.50 bits per heavy atom. The van der Waals surface area contributed by atoms with Crippen LogP contribution < -0.4 is 0 Å². The van der Waals surface area contributed by atoms with Gasteiger partial charge in [-0.25, -0.2) is 0 Å². The van der Waals surface area contributed by atoms with Crippen LogP contribution in [0.3, 0.4) is 0 Å². The van der Waals surface area contributed by atoms with E-state index in [1.54, 1.807) is 18.2 Å². The minimum absolute atomic E-state index is 0.463. The van der Waals surface area contributed by atoms with Crippen molar-refractivity contribution in [2.75, 3.05) is 0 Å². The van der Waals surface area contributed by atoms with Gasteiger partial charge in [0.05, 0.1) is 0 Å². The van der Waals surface area contributed by atoms with Crippen LogP contribution in [0.2, 0.25) is 0 Å². The molecule has 42 valence electrons. The van der Waals surface area contributed by atoms with Crippen LogP contribution in [0.5, 0.6) is 0 Å². The standard InChI is InChI=1S/C7H8O/c1-3-4-5-7(2)6-8/h3-6H,1-2H2/b5-4-. The molecule has 0 aliphatic heterocycles. The fourth-order valence-electron chi connectivity index (χ4n) is 0.231. The van der Waals surface area contributed by atoms with E-state index in [2.05, 4.69) is 13.2 Å². The highest BCUT2D eigenvalue weighted by Crippen LogP contribution is 1.85. The van der Waals surface area contributed by atoms with Crippen LogP contribution in [0.15, 0.2) is 37.0 Å². The molecule has 0 atom stereocenters. The Morgan fingerprint density at radius 2 is 2.12 bits per heavy atom. The van der Waals surface area contributed by atoms with E-state index < -0.39 is 0 Å². The van der Waals surface area contributed by atoms with Gasteiger partial charge < -0.3 is 0 Å². The first-order chi connectivity index (χ1) is 3.81. The lowest BCUT2D eigenvalue weighted by molar-refractivity contribution is -0.104. The van der Waals surface area contributed by atoms with Gasteiger partial charge >= 0.3 is 0 Å². The Balaban J connectivity index is 3.69. The van der Waals surface area contributed by atoms with Gasteiger partial charge in [-0.1, -0.05) is 31.4 Å². The summed E-state index contributed by atoms with van der Waals surface area (Å²) in [5, 5.41) is 0. The molecule has 0 aliphatic carbocycles.